The first-order chi connectivity index (χ1) is 5.86. The SMILES string of the molecule is N#C[C@@H]1CO[C@H]2[C@@H]1OC[C@@H]2C#N. The monoisotopic (exact) mass is 164 g/mol. The molecule has 12 heavy (non-hydrogen) atoms. The van der Waals surface area contributed by atoms with Gasteiger partial charge < -0.3 is 9.47 Å². The Morgan fingerprint density at radius 1 is 0.917 bits per heavy atom. The molecule has 0 aromatic carbocycles. The smallest absolute Gasteiger partial charge is 0.103 e. The summed E-state index contributed by atoms with van der Waals surface area (Å²) in [6.45, 7) is 0.814. The predicted molar refractivity (Wildman–Crippen MR) is 37.7 cm³/mol. The van der Waals surface area contributed by atoms with Crippen LogP contribution in [0.4, 0.5) is 0 Å². The van der Waals surface area contributed by atoms with Gasteiger partial charge in [0.15, 0.2) is 0 Å². The zero-order chi connectivity index (χ0) is 8.55. The highest BCUT2D eigenvalue weighted by molar-refractivity contribution is 5.07. The molecule has 4 heteroatoms. The summed E-state index contributed by atoms with van der Waals surface area (Å²) in [4.78, 5) is 0. The quantitative estimate of drug-likeness (QED) is 0.508. The van der Waals surface area contributed by atoms with Crippen LogP contribution in [0.25, 0.3) is 0 Å². The van der Waals surface area contributed by atoms with Crippen molar-refractivity contribution in [2.24, 2.45) is 11.8 Å². The molecule has 0 spiro atoms. The van der Waals surface area contributed by atoms with Gasteiger partial charge >= 0.3 is 0 Å². The van der Waals surface area contributed by atoms with Crippen molar-refractivity contribution < 1.29 is 9.47 Å². The molecule has 2 aliphatic heterocycles. The molecular formula is C8H8N2O2. The van der Waals surface area contributed by atoms with Crippen LogP contribution in [-0.4, -0.2) is 25.4 Å². The van der Waals surface area contributed by atoms with Crippen LogP contribution in [-0.2, 0) is 9.47 Å². The van der Waals surface area contributed by atoms with Gasteiger partial charge in [-0.3, -0.25) is 0 Å². The second kappa shape index (κ2) is 2.75. The van der Waals surface area contributed by atoms with E-state index in [0.717, 1.165) is 0 Å². The first-order valence-electron chi connectivity index (χ1n) is 3.89. The Hall–Kier alpha value is -1.10. The molecular weight excluding hydrogens is 156 g/mol. The second-order valence-electron chi connectivity index (χ2n) is 3.07. The van der Waals surface area contributed by atoms with E-state index in [-0.39, 0.29) is 24.0 Å². The number of ether oxygens (including phenoxy) is 2. The van der Waals surface area contributed by atoms with E-state index in [2.05, 4.69) is 12.1 Å². The van der Waals surface area contributed by atoms with Crippen molar-refractivity contribution in [1.29, 1.82) is 10.5 Å². The summed E-state index contributed by atoms with van der Waals surface area (Å²) < 4.78 is 10.6. The molecule has 0 aliphatic carbocycles. The maximum atomic E-state index is 8.68. The van der Waals surface area contributed by atoms with Crippen LogP contribution in [0.2, 0.25) is 0 Å². The standard InChI is InChI=1S/C8H8N2O2/c9-1-5-3-11-8-6(2-10)4-12-7(5)8/h5-8H,3-4H2/t5-,6+,7-,8-/m1/s1. The summed E-state index contributed by atoms with van der Waals surface area (Å²) >= 11 is 0. The van der Waals surface area contributed by atoms with E-state index in [1.807, 2.05) is 0 Å². The molecule has 4 nitrogen and oxygen atoms in total. The van der Waals surface area contributed by atoms with Crippen molar-refractivity contribution in [2.45, 2.75) is 12.2 Å². The van der Waals surface area contributed by atoms with Crippen molar-refractivity contribution in [2.75, 3.05) is 13.2 Å². The number of rotatable bonds is 0. The largest absolute Gasteiger partial charge is 0.373 e. The Balaban J connectivity index is 2.13. The van der Waals surface area contributed by atoms with Gasteiger partial charge in [-0.05, 0) is 0 Å². The molecule has 0 radical (unpaired) electrons. The maximum absolute atomic E-state index is 8.68. The topological polar surface area (TPSA) is 66.0 Å². The van der Waals surface area contributed by atoms with E-state index in [9.17, 15) is 0 Å². The Morgan fingerprint density at radius 2 is 1.33 bits per heavy atom. The Labute approximate surface area is 70.3 Å². The number of hydrogen-bond donors (Lipinski definition) is 0. The Morgan fingerprint density at radius 3 is 1.67 bits per heavy atom. The van der Waals surface area contributed by atoms with Gasteiger partial charge in [0.2, 0.25) is 0 Å². The van der Waals surface area contributed by atoms with Gasteiger partial charge in [-0.15, -0.1) is 0 Å². The van der Waals surface area contributed by atoms with Crippen LogP contribution in [0.3, 0.4) is 0 Å². The molecule has 2 fully saturated rings. The molecule has 62 valence electrons. The van der Waals surface area contributed by atoms with Crippen LogP contribution in [0.15, 0.2) is 0 Å². The lowest BCUT2D eigenvalue weighted by molar-refractivity contribution is 0.0664. The number of fused-ring (bicyclic) bond motifs is 1. The molecule has 2 heterocycles. The zero-order valence-electron chi connectivity index (χ0n) is 6.43. The highest BCUT2D eigenvalue weighted by atomic mass is 16.6. The van der Waals surface area contributed by atoms with Gasteiger partial charge in [0.05, 0.1) is 37.2 Å². The summed E-state index contributed by atoms with van der Waals surface area (Å²) in [6.07, 6.45) is -0.334. The fourth-order valence-corrected chi connectivity index (χ4v) is 1.72. The van der Waals surface area contributed by atoms with E-state index >= 15 is 0 Å². The molecule has 4 atom stereocenters. The fraction of sp³-hybridized carbons (Fsp3) is 0.750. The molecule has 0 aromatic rings. The summed E-state index contributed by atoms with van der Waals surface area (Å²) in [6, 6.07) is 4.24. The van der Waals surface area contributed by atoms with E-state index in [1.165, 1.54) is 0 Å². The van der Waals surface area contributed by atoms with Crippen molar-refractivity contribution in [3.63, 3.8) is 0 Å². The lowest BCUT2D eigenvalue weighted by Gasteiger charge is -2.08. The summed E-state index contributed by atoms with van der Waals surface area (Å²) in [5.74, 6) is -0.373. The van der Waals surface area contributed by atoms with E-state index in [0.29, 0.717) is 13.2 Å². The van der Waals surface area contributed by atoms with Gasteiger partial charge in [-0.2, -0.15) is 10.5 Å². The third kappa shape index (κ3) is 0.896. The molecule has 2 rings (SSSR count). The van der Waals surface area contributed by atoms with Crippen LogP contribution in [0.1, 0.15) is 0 Å². The summed E-state index contributed by atoms with van der Waals surface area (Å²) in [7, 11) is 0. The summed E-state index contributed by atoms with van der Waals surface area (Å²) in [5.41, 5.74) is 0. The van der Waals surface area contributed by atoms with Crippen LogP contribution < -0.4 is 0 Å². The molecule has 0 saturated carbocycles. The lowest BCUT2D eigenvalue weighted by Crippen LogP contribution is -2.24. The first-order valence-corrected chi connectivity index (χ1v) is 3.89. The third-order valence-corrected chi connectivity index (χ3v) is 2.39. The lowest BCUT2D eigenvalue weighted by atomic mass is 9.98. The minimum Gasteiger partial charge on any atom is -0.373 e. The molecule has 0 amide bonds. The number of nitriles is 2. The Kier molecular flexibility index (Phi) is 1.73. The fourth-order valence-electron chi connectivity index (χ4n) is 1.72. The number of hydrogen-bond acceptors (Lipinski definition) is 4. The van der Waals surface area contributed by atoms with Gasteiger partial charge in [0.1, 0.15) is 12.2 Å². The minimum atomic E-state index is -0.187. The third-order valence-electron chi connectivity index (χ3n) is 2.39. The minimum absolute atomic E-state index is 0.167. The highest BCUT2D eigenvalue weighted by Crippen LogP contribution is 2.33. The second-order valence-corrected chi connectivity index (χ2v) is 3.07. The normalized spacial score (nSPS) is 44.8. The van der Waals surface area contributed by atoms with Crippen LogP contribution in [0, 0.1) is 34.5 Å². The predicted octanol–water partition coefficient (Wildman–Crippen LogP) is 0.0636. The first kappa shape index (κ1) is 7.54. The molecule has 2 saturated heterocycles. The van der Waals surface area contributed by atoms with Crippen LogP contribution >= 0.6 is 0 Å². The van der Waals surface area contributed by atoms with Crippen molar-refractivity contribution >= 4 is 0 Å². The molecule has 0 bridgehead atoms. The molecule has 0 unspecified atom stereocenters. The zero-order valence-corrected chi connectivity index (χ0v) is 6.43. The van der Waals surface area contributed by atoms with E-state index in [1.54, 1.807) is 0 Å². The van der Waals surface area contributed by atoms with Crippen molar-refractivity contribution in [3.8, 4) is 12.1 Å². The van der Waals surface area contributed by atoms with Crippen molar-refractivity contribution in [1.82, 2.24) is 0 Å². The van der Waals surface area contributed by atoms with E-state index in [4.69, 9.17) is 20.0 Å². The average molecular weight is 164 g/mol. The van der Waals surface area contributed by atoms with Gasteiger partial charge in [0, 0.05) is 0 Å². The molecule has 2 aliphatic rings. The summed E-state index contributed by atoms with van der Waals surface area (Å²) in [5, 5.41) is 17.4. The number of nitrogens with zero attached hydrogens (tertiary/aromatic N) is 2. The highest BCUT2D eigenvalue weighted by Gasteiger charge is 2.47. The average Bonchev–Trinajstić information content (AvgIpc) is 2.62. The molecule has 0 N–H and O–H groups in total. The van der Waals surface area contributed by atoms with Gasteiger partial charge in [0.25, 0.3) is 0 Å². The van der Waals surface area contributed by atoms with Crippen molar-refractivity contribution in [3.05, 3.63) is 0 Å². The van der Waals surface area contributed by atoms with Gasteiger partial charge in [-0.1, -0.05) is 0 Å². The molecule has 0 aromatic heterocycles. The van der Waals surface area contributed by atoms with Gasteiger partial charge in [-0.25, -0.2) is 0 Å². The van der Waals surface area contributed by atoms with E-state index < -0.39 is 0 Å². The maximum Gasteiger partial charge on any atom is 0.103 e. The Bertz CT molecular complexity index is 237. The van der Waals surface area contributed by atoms with Crippen LogP contribution in [0.5, 0.6) is 0 Å².